The SMILES string of the molecule is COc1cc(C(=O)N2CC[C@@H]3CN(C(=O)c4ccc(NC(=O)c5ccccc5)cc4)C[C@@H]3CC2)c(F)c(OC)c1F. The van der Waals surface area contributed by atoms with Gasteiger partial charge in [-0.2, -0.15) is 4.39 Å². The molecule has 0 unspecified atom stereocenters. The molecule has 2 fully saturated rings. The summed E-state index contributed by atoms with van der Waals surface area (Å²) in [5.74, 6) is -3.43. The van der Waals surface area contributed by atoms with Crippen LogP contribution >= 0.6 is 0 Å². The highest BCUT2D eigenvalue weighted by atomic mass is 19.1. The van der Waals surface area contributed by atoms with E-state index in [1.807, 2.05) is 11.0 Å². The van der Waals surface area contributed by atoms with Crippen molar-refractivity contribution in [2.75, 3.05) is 45.7 Å². The molecule has 41 heavy (non-hydrogen) atoms. The van der Waals surface area contributed by atoms with Crippen LogP contribution in [0.4, 0.5) is 14.5 Å². The number of carbonyl (C=O) groups excluding carboxylic acids is 3. The molecule has 10 heteroatoms. The maximum atomic E-state index is 14.9. The van der Waals surface area contributed by atoms with Gasteiger partial charge < -0.3 is 24.6 Å². The van der Waals surface area contributed by atoms with E-state index in [1.54, 1.807) is 53.4 Å². The number of rotatable bonds is 6. The zero-order valence-corrected chi connectivity index (χ0v) is 22.9. The number of methoxy groups -OCH3 is 2. The highest BCUT2D eigenvalue weighted by molar-refractivity contribution is 6.04. The van der Waals surface area contributed by atoms with Crippen molar-refractivity contribution in [3.05, 3.63) is 89.0 Å². The summed E-state index contributed by atoms with van der Waals surface area (Å²) in [6.45, 7) is 1.90. The number of carbonyl (C=O) groups is 3. The number of fused-ring (bicyclic) bond motifs is 1. The molecular weight excluding hydrogens is 532 g/mol. The molecule has 0 bridgehead atoms. The van der Waals surface area contributed by atoms with Crippen LogP contribution in [0, 0.1) is 23.5 Å². The average molecular weight is 564 g/mol. The lowest BCUT2D eigenvalue weighted by atomic mass is 9.92. The van der Waals surface area contributed by atoms with E-state index in [1.165, 1.54) is 7.11 Å². The summed E-state index contributed by atoms with van der Waals surface area (Å²) < 4.78 is 39.1. The standard InChI is InChI=1S/C31H31F2N3O5/c1-40-25-16-24(26(32)28(41-2)27(25)33)31(39)35-14-12-21-17-36(18-22(21)13-15-35)30(38)20-8-10-23(11-9-20)34-29(37)19-6-4-3-5-7-19/h3-11,16,21-22H,12-15,17-18H2,1-2H3,(H,34,37)/t21-,22+. The lowest BCUT2D eigenvalue weighted by Crippen LogP contribution is -2.34. The highest BCUT2D eigenvalue weighted by Crippen LogP contribution is 2.36. The van der Waals surface area contributed by atoms with Gasteiger partial charge in [-0.05, 0) is 67.1 Å². The van der Waals surface area contributed by atoms with Crippen LogP contribution in [0.25, 0.3) is 0 Å². The Labute approximate surface area is 236 Å². The summed E-state index contributed by atoms with van der Waals surface area (Å²) >= 11 is 0. The fourth-order valence-corrected chi connectivity index (χ4v) is 5.63. The lowest BCUT2D eigenvalue weighted by Gasteiger charge is -2.23. The van der Waals surface area contributed by atoms with Crippen LogP contribution in [0.5, 0.6) is 11.5 Å². The van der Waals surface area contributed by atoms with Crippen molar-refractivity contribution >= 4 is 23.4 Å². The maximum absolute atomic E-state index is 14.9. The van der Waals surface area contributed by atoms with Gasteiger partial charge in [0.05, 0.1) is 19.8 Å². The Morgan fingerprint density at radius 1 is 0.780 bits per heavy atom. The summed E-state index contributed by atoms with van der Waals surface area (Å²) in [5.41, 5.74) is 1.38. The van der Waals surface area contributed by atoms with E-state index in [-0.39, 0.29) is 35.0 Å². The fraction of sp³-hybridized carbons (Fsp3) is 0.323. The summed E-state index contributed by atoms with van der Waals surface area (Å²) in [7, 11) is 2.37. The molecule has 2 aliphatic heterocycles. The highest BCUT2D eigenvalue weighted by Gasteiger charge is 2.38. The molecule has 214 valence electrons. The third-order valence-electron chi connectivity index (χ3n) is 7.90. The third-order valence-corrected chi connectivity index (χ3v) is 7.90. The number of nitrogens with zero attached hydrogens (tertiary/aromatic N) is 2. The van der Waals surface area contributed by atoms with Gasteiger partial charge in [-0.3, -0.25) is 14.4 Å². The first-order valence-corrected chi connectivity index (χ1v) is 13.5. The van der Waals surface area contributed by atoms with Crippen LogP contribution in [0.2, 0.25) is 0 Å². The fourth-order valence-electron chi connectivity index (χ4n) is 5.63. The average Bonchev–Trinajstić information content (AvgIpc) is 3.30. The predicted molar refractivity (Wildman–Crippen MR) is 148 cm³/mol. The Bertz CT molecular complexity index is 1430. The number of halogens is 2. The molecular formula is C31H31F2N3O5. The second-order valence-corrected chi connectivity index (χ2v) is 10.3. The summed E-state index contributed by atoms with van der Waals surface area (Å²) in [6.07, 6.45) is 1.31. The van der Waals surface area contributed by atoms with E-state index in [4.69, 9.17) is 9.47 Å². The number of amides is 3. The van der Waals surface area contributed by atoms with Gasteiger partial charge >= 0.3 is 0 Å². The van der Waals surface area contributed by atoms with Crippen LogP contribution in [-0.2, 0) is 0 Å². The minimum atomic E-state index is -1.05. The molecule has 3 amide bonds. The number of ether oxygens (including phenoxy) is 2. The quantitative estimate of drug-likeness (QED) is 0.463. The normalized spacial score (nSPS) is 18.3. The van der Waals surface area contributed by atoms with Crippen LogP contribution < -0.4 is 14.8 Å². The Hall–Kier alpha value is -4.47. The lowest BCUT2D eigenvalue weighted by molar-refractivity contribution is 0.0730. The number of nitrogens with one attached hydrogen (secondary N) is 1. The smallest absolute Gasteiger partial charge is 0.257 e. The minimum absolute atomic E-state index is 0.0838. The third kappa shape index (κ3) is 5.73. The van der Waals surface area contributed by atoms with Gasteiger partial charge in [0.25, 0.3) is 17.7 Å². The molecule has 2 atom stereocenters. The summed E-state index contributed by atoms with van der Waals surface area (Å²) in [5, 5.41) is 2.83. The van der Waals surface area contributed by atoms with Gasteiger partial charge in [-0.1, -0.05) is 18.2 Å². The van der Waals surface area contributed by atoms with Crippen molar-refractivity contribution in [1.29, 1.82) is 0 Å². The zero-order valence-electron chi connectivity index (χ0n) is 22.9. The first-order chi connectivity index (χ1) is 19.8. The van der Waals surface area contributed by atoms with E-state index in [9.17, 15) is 23.2 Å². The Balaban J connectivity index is 1.19. The van der Waals surface area contributed by atoms with Crippen molar-refractivity contribution in [1.82, 2.24) is 9.80 Å². The predicted octanol–water partition coefficient (Wildman–Crippen LogP) is 4.86. The summed E-state index contributed by atoms with van der Waals surface area (Å²) in [6, 6.07) is 16.8. The van der Waals surface area contributed by atoms with E-state index in [2.05, 4.69) is 5.32 Å². The molecule has 0 saturated carbocycles. The van der Waals surface area contributed by atoms with E-state index >= 15 is 0 Å². The van der Waals surface area contributed by atoms with Gasteiger partial charge in [0, 0.05) is 43.0 Å². The van der Waals surface area contributed by atoms with Crippen molar-refractivity contribution in [3.8, 4) is 11.5 Å². The molecule has 0 radical (unpaired) electrons. The molecule has 3 aromatic rings. The van der Waals surface area contributed by atoms with Crippen molar-refractivity contribution in [2.45, 2.75) is 12.8 Å². The van der Waals surface area contributed by atoms with Gasteiger partial charge in [-0.25, -0.2) is 4.39 Å². The molecule has 0 aromatic heterocycles. The molecule has 8 nitrogen and oxygen atoms in total. The number of hydrogen-bond donors (Lipinski definition) is 1. The monoisotopic (exact) mass is 563 g/mol. The topological polar surface area (TPSA) is 88.2 Å². The number of hydrogen-bond acceptors (Lipinski definition) is 5. The van der Waals surface area contributed by atoms with Crippen molar-refractivity contribution in [2.24, 2.45) is 11.8 Å². The summed E-state index contributed by atoms with van der Waals surface area (Å²) in [4.78, 5) is 42.3. The van der Waals surface area contributed by atoms with Gasteiger partial charge in [0.15, 0.2) is 17.3 Å². The number of anilines is 1. The van der Waals surface area contributed by atoms with Crippen molar-refractivity contribution < 1.29 is 32.6 Å². The van der Waals surface area contributed by atoms with E-state index < -0.39 is 23.3 Å². The maximum Gasteiger partial charge on any atom is 0.257 e. The van der Waals surface area contributed by atoms with E-state index in [0.717, 1.165) is 13.2 Å². The second kappa shape index (κ2) is 12.0. The molecule has 2 heterocycles. The number of benzene rings is 3. The zero-order chi connectivity index (χ0) is 29.1. The first kappa shape index (κ1) is 28.1. The Morgan fingerprint density at radius 2 is 1.41 bits per heavy atom. The Kier molecular flexibility index (Phi) is 8.19. The minimum Gasteiger partial charge on any atom is -0.494 e. The van der Waals surface area contributed by atoms with Crippen LogP contribution in [0.1, 0.15) is 43.9 Å². The van der Waals surface area contributed by atoms with Crippen LogP contribution in [-0.4, -0.2) is 67.9 Å². The van der Waals surface area contributed by atoms with Crippen molar-refractivity contribution in [3.63, 3.8) is 0 Å². The van der Waals surface area contributed by atoms with Gasteiger partial charge in [0.1, 0.15) is 0 Å². The second-order valence-electron chi connectivity index (χ2n) is 10.3. The van der Waals surface area contributed by atoms with Crippen LogP contribution in [0.3, 0.4) is 0 Å². The van der Waals surface area contributed by atoms with Gasteiger partial charge in [-0.15, -0.1) is 0 Å². The van der Waals surface area contributed by atoms with Gasteiger partial charge in [0.2, 0.25) is 5.82 Å². The Morgan fingerprint density at radius 3 is 2.00 bits per heavy atom. The van der Waals surface area contributed by atoms with Crippen LogP contribution in [0.15, 0.2) is 60.7 Å². The molecule has 0 spiro atoms. The molecule has 5 rings (SSSR count). The molecule has 1 N–H and O–H groups in total. The first-order valence-electron chi connectivity index (χ1n) is 13.5. The number of likely N-dealkylation sites (tertiary alicyclic amines) is 2. The molecule has 2 aliphatic rings. The molecule has 0 aliphatic carbocycles. The molecule has 2 saturated heterocycles. The largest absolute Gasteiger partial charge is 0.494 e. The molecule has 3 aromatic carbocycles. The van der Waals surface area contributed by atoms with E-state index in [0.29, 0.717) is 55.8 Å².